The number of rotatable bonds is 3. The van der Waals surface area contributed by atoms with Gasteiger partial charge in [-0.15, -0.1) is 0 Å². The average molecular weight is 242 g/mol. The number of hydrogen-bond donors (Lipinski definition) is 3. The summed E-state index contributed by atoms with van der Waals surface area (Å²) >= 11 is 0. The summed E-state index contributed by atoms with van der Waals surface area (Å²) in [5.41, 5.74) is -0.939. The SMILES string of the molecule is O=c1cc[nH]c(=O)n1CC1CO[C@H](CO)C1O. The minimum absolute atomic E-state index is 0.0761. The highest BCUT2D eigenvalue weighted by Gasteiger charge is 2.35. The van der Waals surface area contributed by atoms with E-state index in [1.807, 2.05) is 0 Å². The van der Waals surface area contributed by atoms with Gasteiger partial charge in [0.2, 0.25) is 0 Å². The van der Waals surface area contributed by atoms with E-state index < -0.39 is 23.5 Å². The molecule has 0 radical (unpaired) electrons. The zero-order valence-corrected chi connectivity index (χ0v) is 9.07. The quantitative estimate of drug-likeness (QED) is 0.563. The first-order valence-corrected chi connectivity index (χ1v) is 5.32. The van der Waals surface area contributed by atoms with Crippen LogP contribution in [0, 0.1) is 5.92 Å². The van der Waals surface area contributed by atoms with Gasteiger partial charge in [-0.05, 0) is 0 Å². The van der Waals surface area contributed by atoms with Gasteiger partial charge in [0.1, 0.15) is 6.10 Å². The molecule has 1 fully saturated rings. The first kappa shape index (κ1) is 12.0. The number of aromatic amines is 1. The first-order chi connectivity index (χ1) is 8.13. The molecule has 0 saturated carbocycles. The molecular formula is C10H14N2O5. The van der Waals surface area contributed by atoms with Crippen molar-refractivity contribution in [2.45, 2.75) is 18.8 Å². The van der Waals surface area contributed by atoms with E-state index in [4.69, 9.17) is 9.84 Å². The molecule has 1 aliphatic heterocycles. The maximum Gasteiger partial charge on any atom is 0.328 e. The normalized spacial score (nSPS) is 28.5. The minimum atomic E-state index is -0.869. The van der Waals surface area contributed by atoms with Crippen molar-refractivity contribution in [1.82, 2.24) is 9.55 Å². The Morgan fingerprint density at radius 3 is 2.88 bits per heavy atom. The van der Waals surface area contributed by atoms with Gasteiger partial charge in [-0.1, -0.05) is 0 Å². The van der Waals surface area contributed by atoms with Crippen LogP contribution < -0.4 is 11.2 Å². The lowest BCUT2D eigenvalue weighted by molar-refractivity contribution is 0.00112. The lowest BCUT2D eigenvalue weighted by atomic mass is 10.0. The summed E-state index contributed by atoms with van der Waals surface area (Å²) in [6, 6.07) is 1.24. The Kier molecular flexibility index (Phi) is 3.41. The smallest absolute Gasteiger partial charge is 0.328 e. The van der Waals surface area contributed by atoms with E-state index in [9.17, 15) is 14.7 Å². The number of nitrogens with zero attached hydrogens (tertiary/aromatic N) is 1. The molecule has 0 amide bonds. The maximum absolute atomic E-state index is 11.5. The molecule has 2 heterocycles. The minimum Gasteiger partial charge on any atom is -0.394 e. The second-order valence-corrected chi connectivity index (χ2v) is 4.04. The van der Waals surface area contributed by atoms with E-state index >= 15 is 0 Å². The third-order valence-corrected chi connectivity index (χ3v) is 2.93. The molecule has 0 bridgehead atoms. The average Bonchev–Trinajstić information content (AvgIpc) is 2.65. The van der Waals surface area contributed by atoms with Crippen LogP contribution in [0.4, 0.5) is 0 Å². The Morgan fingerprint density at radius 1 is 1.53 bits per heavy atom. The van der Waals surface area contributed by atoms with Crippen LogP contribution in [0.5, 0.6) is 0 Å². The Labute approximate surface area is 96.3 Å². The van der Waals surface area contributed by atoms with Crippen molar-refractivity contribution in [2.75, 3.05) is 13.2 Å². The summed E-state index contributed by atoms with van der Waals surface area (Å²) in [5.74, 6) is -0.367. The highest BCUT2D eigenvalue weighted by Crippen LogP contribution is 2.20. The molecule has 0 spiro atoms. The van der Waals surface area contributed by atoms with Crippen LogP contribution in [0.3, 0.4) is 0 Å². The van der Waals surface area contributed by atoms with Gasteiger partial charge in [0.25, 0.3) is 5.56 Å². The van der Waals surface area contributed by atoms with Crippen molar-refractivity contribution in [2.24, 2.45) is 5.92 Å². The maximum atomic E-state index is 11.5. The Balaban J connectivity index is 2.17. The van der Waals surface area contributed by atoms with E-state index in [0.29, 0.717) is 0 Å². The molecule has 1 aromatic rings. The molecule has 3 atom stereocenters. The molecule has 1 aromatic heterocycles. The fourth-order valence-electron chi connectivity index (χ4n) is 1.93. The second kappa shape index (κ2) is 4.82. The van der Waals surface area contributed by atoms with Crippen molar-refractivity contribution in [1.29, 1.82) is 0 Å². The van der Waals surface area contributed by atoms with Crippen LogP contribution in [0.15, 0.2) is 21.9 Å². The number of hydrogen-bond acceptors (Lipinski definition) is 5. The molecular weight excluding hydrogens is 228 g/mol. The Hall–Kier alpha value is -1.44. The van der Waals surface area contributed by atoms with Crippen LogP contribution in [0.25, 0.3) is 0 Å². The number of H-pyrrole nitrogens is 1. The van der Waals surface area contributed by atoms with Crippen LogP contribution in [-0.4, -0.2) is 45.2 Å². The van der Waals surface area contributed by atoms with Gasteiger partial charge in [0.15, 0.2) is 0 Å². The monoisotopic (exact) mass is 242 g/mol. The highest BCUT2D eigenvalue weighted by molar-refractivity contribution is 4.87. The molecule has 2 unspecified atom stereocenters. The molecule has 3 N–H and O–H groups in total. The molecule has 1 aliphatic rings. The second-order valence-electron chi connectivity index (χ2n) is 4.04. The Morgan fingerprint density at radius 2 is 2.29 bits per heavy atom. The van der Waals surface area contributed by atoms with Gasteiger partial charge >= 0.3 is 5.69 Å². The molecule has 94 valence electrons. The molecule has 0 aromatic carbocycles. The van der Waals surface area contributed by atoms with E-state index in [2.05, 4.69) is 4.98 Å². The van der Waals surface area contributed by atoms with E-state index in [1.165, 1.54) is 12.3 Å². The lowest BCUT2D eigenvalue weighted by Crippen LogP contribution is -2.39. The number of aliphatic hydroxyl groups excluding tert-OH is 2. The van der Waals surface area contributed by atoms with Crippen LogP contribution in [-0.2, 0) is 11.3 Å². The fraction of sp³-hybridized carbons (Fsp3) is 0.600. The largest absolute Gasteiger partial charge is 0.394 e. The summed E-state index contributed by atoms with van der Waals surface area (Å²) in [4.78, 5) is 25.3. The van der Waals surface area contributed by atoms with Gasteiger partial charge in [0, 0.05) is 24.7 Å². The zero-order valence-electron chi connectivity index (χ0n) is 9.07. The van der Waals surface area contributed by atoms with Crippen molar-refractivity contribution in [3.05, 3.63) is 33.1 Å². The summed E-state index contributed by atoms with van der Waals surface area (Å²) < 4.78 is 6.16. The first-order valence-electron chi connectivity index (χ1n) is 5.32. The Bertz CT molecular complexity index is 466. The third kappa shape index (κ3) is 2.31. The van der Waals surface area contributed by atoms with Crippen molar-refractivity contribution in [3.63, 3.8) is 0 Å². The molecule has 0 aliphatic carbocycles. The predicted molar refractivity (Wildman–Crippen MR) is 57.6 cm³/mol. The molecule has 7 heteroatoms. The number of aliphatic hydroxyl groups is 2. The summed E-state index contributed by atoms with van der Waals surface area (Å²) in [7, 11) is 0. The molecule has 17 heavy (non-hydrogen) atoms. The summed E-state index contributed by atoms with van der Waals surface area (Å²) in [6.45, 7) is 0.0115. The fourth-order valence-corrected chi connectivity index (χ4v) is 1.93. The number of nitrogens with one attached hydrogen (secondary N) is 1. The topological polar surface area (TPSA) is 105 Å². The van der Waals surface area contributed by atoms with E-state index in [-0.39, 0.29) is 25.7 Å². The third-order valence-electron chi connectivity index (χ3n) is 2.93. The van der Waals surface area contributed by atoms with Crippen LogP contribution >= 0.6 is 0 Å². The van der Waals surface area contributed by atoms with Gasteiger partial charge in [0.05, 0.1) is 19.3 Å². The number of ether oxygens (including phenoxy) is 1. The van der Waals surface area contributed by atoms with Crippen molar-refractivity contribution < 1.29 is 14.9 Å². The highest BCUT2D eigenvalue weighted by atomic mass is 16.5. The molecule has 1 saturated heterocycles. The van der Waals surface area contributed by atoms with Crippen molar-refractivity contribution >= 4 is 0 Å². The van der Waals surface area contributed by atoms with Crippen molar-refractivity contribution in [3.8, 4) is 0 Å². The van der Waals surface area contributed by atoms with Gasteiger partial charge in [-0.25, -0.2) is 4.79 Å². The summed E-state index contributed by atoms with van der Waals surface area (Å²) in [5, 5.41) is 18.7. The molecule has 2 rings (SSSR count). The molecule has 7 nitrogen and oxygen atoms in total. The van der Waals surface area contributed by atoms with Gasteiger partial charge in [-0.3, -0.25) is 9.36 Å². The van der Waals surface area contributed by atoms with Gasteiger partial charge < -0.3 is 19.9 Å². The van der Waals surface area contributed by atoms with E-state index in [0.717, 1.165) is 4.57 Å². The summed E-state index contributed by atoms with van der Waals surface area (Å²) in [6.07, 6.45) is -0.232. The van der Waals surface area contributed by atoms with Gasteiger partial charge in [-0.2, -0.15) is 0 Å². The zero-order chi connectivity index (χ0) is 12.4. The predicted octanol–water partition coefficient (Wildman–Crippen LogP) is -2.10. The van der Waals surface area contributed by atoms with E-state index in [1.54, 1.807) is 0 Å². The standard InChI is InChI=1S/C10H14N2O5/c13-4-7-9(15)6(5-17-7)3-12-8(14)1-2-11-10(12)16/h1-2,6-7,9,13,15H,3-5H2,(H,11,16)/t6?,7-,9?/m1/s1. The van der Waals surface area contributed by atoms with Crippen LogP contribution in [0.2, 0.25) is 0 Å². The lowest BCUT2D eigenvalue weighted by Gasteiger charge is -2.15. The number of aromatic nitrogens is 2. The van der Waals surface area contributed by atoms with Crippen LogP contribution in [0.1, 0.15) is 0 Å².